The van der Waals surface area contributed by atoms with Gasteiger partial charge in [0.1, 0.15) is 6.54 Å². The summed E-state index contributed by atoms with van der Waals surface area (Å²) in [5, 5.41) is 2.67. The molecule has 46 valence electrons. The van der Waals surface area contributed by atoms with Gasteiger partial charge in [0.25, 0.3) is 0 Å². The number of rotatable bonds is 0. The highest BCUT2D eigenvalue weighted by molar-refractivity contribution is 8.03. The zero-order valence-electron chi connectivity index (χ0n) is 4.95. The third-order valence-electron chi connectivity index (χ3n) is 1.61. The van der Waals surface area contributed by atoms with Gasteiger partial charge in [-0.25, -0.2) is 0 Å². The van der Waals surface area contributed by atoms with Gasteiger partial charge >= 0.3 is 0 Å². The van der Waals surface area contributed by atoms with Gasteiger partial charge < -0.3 is 0 Å². The van der Waals surface area contributed by atoms with Crippen LogP contribution in [-0.2, 0) is 0 Å². The fraction of sp³-hybridized carbons (Fsp3) is 0.429. The Labute approximate surface area is 59.2 Å². The number of nitrogens with zero attached hydrogens (tertiary/aromatic N) is 1. The maximum Gasteiger partial charge on any atom is 0.130 e. The number of aliphatic imine (C=N–C) groups is 1. The molecule has 0 aromatic rings. The quantitative estimate of drug-likeness (QED) is 0.495. The standard InChI is InChI=1S/C7H7NS/c1-3-8-5-7-6(1)2-4-9-7/h2-4,6-7H,1H2. The van der Waals surface area contributed by atoms with Gasteiger partial charge in [-0.1, -0.05) is 6.08 Å². The Kier molecular flexibility index (Phi) is 1.34. The van der Waals surface area contributed by atoms with Crippen molar-refractivity contribution in [2.24, 2.45) is 10.9 Å². The SMILES string of the molecule is [C]1N=CCC2C=CSC12. The molecule has 0 N–H and O–H groups in total. The molecule has 2 rings (SSSR count). The first-order valence-corrected chi connectivity index (χ1v) is 4.00. The van der Waals surface area contributed by atoms with Gasteiger partial charge in [0.05, 0.1) is 0 Å². The van der Waals surface area contributed by atoms with Crippen molar-refractivity contribution in [1.82, 2.24) is 0 Å². The van der Waals surface area contributed by atoms with E-state index in [4.69, 9.17) is 0 Å². The monoisotopic (exact) mass is 137 g/mol. The molecule has 0 amide bonds. The first-order chi connectivity index (χ1) is 4.47. The van der Waals surface area contributed by atoms with E-state index in [2.05, 4.69) is 23.0 Å². The molecule has 2 unspecified atom stereocenters. The molecule has 0 spiro atoms. The minimum atomic E-state index is 0.523. The number of hydrogen-bond donors (Lipinski definition) is 0. The lowest BCUT2D eigenvalue weighted by Crippen LogP contribution is -2.15. The third kappa shape index (κ3) is 0.917. The minimum Gasteiger partial charge on any atom is -0.284 e. The summed E-state index contributed by atoms with van der Waals surface area (Å²) in [6, 6.07) is 0. The van der Waals surface area contributed by atoms with Crippen LogP contribution >= 0.6 is 11.8 Å². The van der Waals surface area contributed by atoms with Crippen LogP contribution in [0.1, 0.15) is 6.42 Å². The highest BCUT2D eigenvalue weighted by atomic mass is 32.2. The molecule has 0 aromatic heterocycles. The Morgan fingerprint density at radius 3 is 3.56 bits per heavy atom. The minimum absolute atomic E-state index is 0.523. The van der Waals surface area contributed by atoms with E-state index in [1.165, 1.54) is 0 Å². The molecule has 0 aliphatic carbocycles. The van der Waals surface area contributed by atoms with E-state index >= 15 is 0 Å². The van der Waals surface area contributed by atoms with Crippen LogP contribution in [0.2, 0.25) is 0 Å². The van der Waals surface area contributed by atoms with Gasteiger partial charge in [0.2, 0.25) is 0 Å². The van der Waals surface area contributed by atoms with Gasteiger partial charge in [-0.05, 0) is 17.7 Å². The van der Waals surface area contributed by atoms with Crippen LogP contribution in [-0.4, -0.2) is 11.5 Å². The molecule has 0 saturated heterocycles. The Bertz CT molecular complexity index is 162. The van der Waals surface area contributed by atoms with Crippen LogP contribution < -0.4 is 0 Å². The predicted octanol–water partition coefficient (Wildman–Crippen LogP) is 1.74. The molecule has 2 radical (unpaired) electrons. The van der Waals surface area contributed by atoms with Crippen molar-refractivity contribution in [2.45, 2.75) is 11.7 Å². The summed E-state index contributed by atoms with van der Waals surface area (Å²) in [5.41, 5.74) is 0. The van der Waals surface area contributed by atoms with Crippen molar-refractivity contribution < 1.29 is 0 Å². The zero-order valence-corrected chi connectivity index (χ0v) is 5.77. The number of hydrogen-bond acceptors (Lipinski definition) is 2. The van der Waals surface area contributed by atoms with E-state index in [-0.39, 0.29) is 0 Å². The van der Waals surface area contributed by atoms with Gasteiger partial charge in [-0.2, -0.15) is 0 Å². The highest BCUT2D eigenvalue weighted by Crippen LogP contribution is 2.35. The first-order valence-electron chi connectivity index (χ1n) is 3.06. The van der Waals surface area contributed by atoms with Crippen molar-refractivity contribution in [1.29, 1.82) is 0 Å². The van der Waals surface area contributed by atoms with Gasteiger partial charge in [-0.3, -0.25) is 4.99 Å². The van der Waals surface area contributed by atoms with Crippen molar-refractivity contribution in [2.75, 3.05) is 0 Å². The molecule has 2 atom stereocenters. The molecule has 1 nitrogen and oxygen atoms in total. The van der Waals surface area contributed by atoms with Crippen molar-refractivity contribution in [3.63, 3.8) is 0 Å². The van der Waals surface area contributed by atoms with Crippen LogP contribution in [0, 0.1) is 12.5 Å². The zero-order chi connectivity index (χ0) is 6.10. The summed E-state index contributed by atoms with van der Waals surface area (Å²) < 4.78 is 0. The molecule has 0 aromatic carbocycles. The molecule has 0 saturated carbocycles. The Balaban J connectivity index is 2.13. The molecule has 2 aliphatic rings. The van der Waals surface area contributed by atoms with Crippen LogP contribution in [0.15, 0.2) is 16.5 Å². The largest absolute Gasteiger partial charge is 0.284 e. The fourth-order valence-electron chi connectivity index (χ4n) is 1.06. The molecule has 0 fully saturated rings. The molecule has 9 heavy (non-hydrogen) atoms. The van der Waals surface area contributed by atoms with Crippen molar-refractivity contribution >= 4 is 18.0 Å². The summed E-state index contributed by atoms with van der Waals surface area (Å²) in [5.74, 6) is 0.687. The van der Waals surface area contributed by atoms with E-state index in [1.54, 1.807) is 0 Å². The molecule has 2 heteroatoms. The molecule has 2 aliphatic heterocycles. The van der Waals surface area contributed by atoms with Gasteiger partial charge in [0, 0.05) is 11.5 Å². The Morgan fingerprint density at radius 1 is 1.67 bits per heavy atom. The number of fused-ring (bicyclic) bond motifs is 1. The fourth-order valence-corrected chi connectivity index (χ4v) is 2.05. The van der Waals surface area contributed by atoms with Crippen LogP contribution in [0.4, 0.5) is 0 Å². The normalized spacial score (nSPS) is 39.1. The van der Waals surface area contributed by atoms with Crippen LogP contribution in [0.3, 0.4) is 0 Å². The summed E-state index contributed by atoms with van der Waals surface area (Å²) in [7, 11) is 0. The van der Waals surface area contributed by atoms with Gasteiger partial charge in [-0.15, -0.1) is 11.8 Å². The average Bonchev–Trinajstić information content (AvgIpc) is 2.33. The van der Waals surface area contributed by atoms with E-state index in [0.29, 0.717) is 11.2 Å². The summed E-state index contributed by atoms with van der Waals surface area (Å²) in [4.78, 5) is 3.98. The summed E-state index contributed by atoms with van der Waals surface area (Å²) in [6.45, 7) is 3.05. The second kappa shape index (κ2) is 2.18. The second-order valence-electron chi connectivity index (χ2n) is 2.23. The van der Waals surface area contributed by atoms with E-state index in [1.807, 2.05) is 18.0 Å². The van der Waals surface area contributed by atoms with Gasteiger partial charge in [0.15, 0.2) is 0 Å². The molecular formula is C7H7NS. The lowest BCUT2D eigenvalue weighted by Gasteiger charge is -2.16. The van der Waals surface area contributed by atoms with E-state index in [9.17, 15) is 0 Å². The topological polar surface area (TPSA) is 12.4 Å². The lowest BCUT2D eigenvalue weighted by molar-refractivity contribution is 0.677. The molecule has 2 heterocycles. The Hall–Kier alpha value is -0.240. The van der Waals surface area contributed by atoms with Crippen molar-refractivity contribution in [3.05, 3.63) is 18.0 Å². The molecular weight excluding hydrogens is 130 g/mol. The van der Waals surface area contributed by atoms with Crippen LogP contribution in [0.25, 0.3) is 0 Å². The number of allylic oxidation sites excluding steroid dienone is 1. The molecule has 0 bridgehead atoms. The summed E-state index contributed by atoms with van der Waals surface area (Å²) >= 11 is 1.82. The maximum atomic E-state index is 3.98. The van der Waals surface area contributed by atoms with Crippen molar-refractivity contribution in [3.8, 4) is 0 Å². The first kappa shape index (κ1) is 5.54. The second-order valence-corrected chi connectivity index (χ2v) is 3.28. The third-order valence-corrected chi connectivity index (χ3v) is 2.67. The Morgan fingerprint density at radius 2 is 2.67 bits per heavy atom. The lowest BCUT2D eigenvalue weighted by atomic mass is 10.0. The number of thioether (sulfide) groups is 1. The highest BCUT2D eigenvalue weighted by Gasteiger charge is 2.25. The average molecular weight is 137 g/mol. The van der Waals surface area contributed by atoms with E-state index in [0.717, 1.165) is 6.42 Å². The predicted molar refractivity (Wildman–Crippen MR) is 40.4 cm³/mol. The van der Waals surface area contributed by atoms with Crippen LogP contribution in [0.5, 0.6) is 0 Å². The van der Waals surface area contributed by atoms with E-state index < -0.39 is 0 Å². The smallest absolute Gasteiger partial charge is 0.130 e. The maximum absolute atomic E-state index is 3.98. The summed E-state index contributed by atoms with van der Waals surface area (Å²) in [6.07, 6.45) is 5.28.